The lowest BCUT2D eigenvalue weighted by atomic mass is 9.95. The van der Waals surface area contributed by atoms with Crippen molar-refractivity contribution in [3.63, 3.8) is 0 Å². The van der Waals surface area contributed by atoms with Crippen LogP contribution in [0.2, 0.25) is 0 Å². The molecule has 1 amide bonds. The predicted octanol–water partition coefficient (Wildman–Crippen LogP) is 2.69. The van der Waals surface area contributed by atoms with E-state index in [1.54, 1.807) is 12.4 Å². The van der Waals surface area contributed by atoms with E-state index in [0.717, 1.165) is 76.0 Å². The number of rotatable bonds is 3. The molecule has 3 aliphatic rings. The number of amides is 1. The molecule has 1 aromatic carbocycles. The third kappa shape index (κ3) is 4.18. The van der Waals surface area contributed by atoms with Crippen molar-refractivity contribution in [3.8, 4) is 0 Å². The Kier molecular flexibility index (Phi) is 5.91. The second-order valence-corrected chi connectivity index (χ2v) is 9.61. The fourth-order valence-corrected chi connectivity index (χ4v) is 5.71. The number of fused-ring (bicyclic) bond motifs is 1. The van der Waals surface area contributed by atoms with Crippen LogP contribution in [0.3, 0.4) is 0 Å². The molecule has 0 unspecified atom stereocenters. The first-order valence-electron chi connectivity index (χ1n) is 11.0. The number of aromatic nitrogens is 2. The van der Waals surface area contributed by atoms with E-state index in [1.807, 2.05) is 16.7 Å². The molecule has 1 aromatic heterocycles. The summed E-state index contributed by atoms with van der Waals surface area (Å²) in [6, 6.07) is 9.36. The Morgan fingerprint density at radius 2 is 1.63 bits per heavy atom. The quantitative estimate of drug-likeness (QED) is 0.757. The molecule has 6 nitrogen and oxygen atoms in total. The zero-order valence-corrected chi connectivity index (χ0v) is 18.2. The molecule has 2 saturated heterocycles. The van der Waals surface area contributed by atoms with Crippen LogP contribution in [0.15, 0.2) is 36.7 Å². The van der Waals surface area contributed by atoms with Crippen LogP contribution >= 0.6 is 11.8 Å². The van der Waals surface area contributed by atoms with Crippen LogP contribution in [-0.2, 0) is 13.0 Å². The van der Waals surface area contributed by atoms with Crippen molar-refractivity contribution < 1.29 is 4.79 Å². The van der Waals surface area contributed by atoms with Crippen molar-refractivity contribution in [1.29, 1.82) is 0 Å². The minimum absolute atomic E-state index is 0.0678. The highest BCUT2D eigenvalue weighted by atomic mass is 32.2. The molecule has 30 heavy (non-hydrogen) atoms. The van der Waals surface area contributed by atoms with E-state index < -0.39 is 0 Å². The van der Waals surface area contributed by atoms with E-state index in [-0.39, 0.29) is 5.91 Å². The van der Waals surface area contributed by atoms with Gasteiger partial charge in [-0.25, -0.2) is 9.97 Å². The fourth-order valence-electron chi connectivity index (χ4n) is 4.80. The molecule has 0 atom stereocenters. The molecule has 3 aliphatic heterocycles. The summed E-state index contributed by atoms with van der Waals surface area (Å²) in [4.78, 5) is 28.7. The van der Waals surface area contributed by atoms with E-state index >= 15 is 0 Å². The van der Waals surface area contributed by atoms with Gasteiger partial charge in [0, 0.05) is 69.2 Å². The van der Waals surface area contributed by atoms with Gasteiger partial charge in [-0.2, -0.15) is 11.8 Å². The predicted molar refractivity (Wildman–Crippen MR) is 121 cm³/mol. The molecule has 0 bridgehead atoms. The molecule has 0 radical (unpaired) electrons. The summed E-state index contributed by atoms with van der Waals surface area (Å²) in [6.07, 6.45) is 6.63. The Morgan fingerprint density at radius 1 is 0.933 bits per heavy atom. The maximum atomic E-state index is 12.9. The van der Waals surface area contributed by atoms with Gasteiger partial charge >= 0.3 is 0 Å². The van der Waals surface area contributed by atoms with Crippen LogP contribution in [0.25, 0.3) is 0 Å². The molecule has 5 rings (SSSR count). The van der Waals surface area contributed by atoms with Crippen LogP contribution in [0.5, 0.6) is 0 Å². The van der Waals surface area contributed by atoms with Gasteiger partial charge in [0.2, 0.25) is 5.95 Å². The molecule has 7 heteroatoms. The largest absolute Gasteiger partial charge is 0.339 e. The van der Waals surface area contributed by atoms with Crippen molar-refractivity contribution in [3.05, 3.63) is 53.3 Å². The molecule has 0 aliphatic carbocycles. The second kappa shape index (κ2) is 8.94. The number of nitrogens with zero attached hydrogens (tertiary/aromatic N) is 5. The summed E-state index contributed by atoms with van der Waals surface area (Å²) >= 11 is 1.97. The SMILES string of the molecule is O=C(c1cnc(N2CCSCC2)nc1)N1CCC(N2CCc3ccccc3C2)CC1. The normalized spacial score (nSPS) is 20.8. The topological polar surface area (TPSA) is 52.6 Å². The summed E-state index contributed by atoms with van der Waals surface area (Å²) < 4.78 is 0. The Labute approximate surface area is 182 Å². The lowest BCUT2D eigenvalue weighted by Crippen LogP contribution is -2.48. The summed E-state index contributed by atoms with van der Waals surface area (Å²) in [5, 5.41) is 0. The van der Waals surface area contributed by atoms with Gasteiger partial charge in [0.05, 0.1) is 5.56 Å². The van der Waals surface area contributed by atoms with Crippen LogP contribution in [0.1, 0.15) is 34.3 Å². The molecule has 158 valence electrons. The van der Waals surface area contributed by atoms with Gasteiger partial charge < -0.3 is 9.80 Å². The number of benzene rings is 1. The first-order valence-corrected chi connectivity index (χ1v) is 12.2. The van der Waals surface area contributed by atoms with Crippen LogP contribution in [0.4, 0.5) is 5.95 Å². The highest BCUT2D eigenvalue weighted by Gasteiger charge is 2.29. The summed E-state index contributed by atoms with van der Waals surface area (Å²) in [5.74, 6) is 3.04. The average molecular weight is 424 g/mol. The number of hydrogen-bond acceptors (Lipinski definition) is 6. The molecular weight excluding hydrogens is 394 g/mol. The van der Waals surface area contributed by atoms with Crippen molar-refractivity contribution in [2.75, 3.05) is 49.1 Å². The minimum Gasteiger partial charge on any atom is -0.339 e. The number of anilines is 1. The Hall–Kier alpha value is -2.12. The summed E-state index contributed by atoms with van der Waals surface area (Å²) in [7, 11) is 0. The van der Waals surface area contributed by atoms with E-state index in [9.17, 15) is 4.79 Å². The Balaban J connectivity index is 1.16. The van der Waals surface area contributed by atoms with Gasteiger partial charge in [-0.3, -0.25) is 9.69 Å². The standard InChI is InChI=1S/C23H29N5OS/c29-22(20-15-24-23(25-16-20)27-11-13-30-14-12-27)26-9-6-21(7-10-26)28-8-5-18-3-1-2-4-19(18)17-28/h1-4,15-16,21H,5-14,17H2. The summed E-state index contributed by atoms with van der Waals surface area (Å²) in [5.41, 5.74) is 3.57. The van der Waals surface area contributed by atoms with Gasteiger partial charge in [-0.1, -0.05) is 24.3 Å². The molecule has 0 N–H and O–H groups in total. The van der Waals surface area contributed by atoms with Gasteiger partial charge in [0.25, 0.3) is 5.91 Å². The molecule has 0 spiro atoms. The van der Waals surface area contributed by atoms with E-state index in [4.69, 9.17) is 0 Å². The first-order chi connectivity index (χ1) is 14.8. The average Bonchev–Trinajstić information content (AvgIpc) is 2.84. The van der Waals surface area contributed by atoms with Crippen molar-refractivity contribution in [2.24, 2.45) is 0 Å². The zero-order valence-electron chi connectivity index (χ0n) is 17.4. The fraction of sp³-hybridized carbons (Fsp3) is 0.522. The molecule has 4 heterocycles. The number of thioether (sulfide) groups is 1. The Bertz CT molecular complexity index is 875. The van der Waals surface area contributed by atoms with Gasteiger partial charge in [-0.15, -0.1) is 0 Å². The molecule has 2 aromatic rings. The van der Waals surface area contributed by atoms with Crippen molar-refractivity contribution >= 4 is 23.6 Å². The van der Waals surface area contributed by atoms with Gasteiger partial charge in [0.15, 0.2) is 0 Å². The summed E-state index contributed by atoms with van der Waals surface area (Å²) in [6.45, 7) is 5.75. The maximum absolute atomic E-state index is 12.9. The van der Waals surface area contributed by atoms with Crippen molar-refractivity contribution in [1.82, 2.24) is 19.8 Å². The van der Waals surface area contributed by atoms with Crippen LogP contribution in [0, 0.1) is 0 Å². The lowest BCUT2D eigenvalue weighted by molar-refractivity contribution is 0.0598. The minimum atomic E-state index is 0.0678. The van der Waals surface area contributed by atoms with E-state index in [2.05, 4.69) is 44.0 Å². The smallest absolute Gasteiger partial charge is 0.256 e. The number of carbonyl (C=O) groups is 1. The van der Waals surface area contributed by atoms with Crippen molar-refractivity contribution in [2.45, 2.75) is 31.8 Å². The van der Waals surface area contributed by atoms with Gasteiger partial charge in [0.1, 0.15) is 0 Å². The number of piperidine rings is 1. The highest BCUT2D eigenvalue weighted by Crippen LogP contribution is 2.25. The maximum Gasteiger partial charge on any atom is 0.256 e. The molecule has 2 fully saturated rings. The monoisotopic (exact) mass is 423 g/mol. The Morgan fingerprint density at radius 3 is 2.37 bits per heavy atom. The van der Waals surface area contributed by atoms with Crippen LogP contribution in [-0.4, -0.2) is 75.9 Å². The first kappa shape index (κ1) is 19.8. The number of carbonyl (C=O) groups excluding carboxylic acids is 1. The van der Waals surface area contributed by atoms with E-state index in [1.165, 1.54) is 11.1 Å². The molecule has 0 saturated carbocycles. The third-order valence-corrected chi connectivity index (χ3v) is 7.55. The zero-order chi connectivity index (χ0) is 20.3. The van der Waals surface area contributed by atoms with Crippen LogP contribution < -0.4 is 4.90 Å². The number of likely N-dealkylation sites (tertiary alicyclic amines) is 1. The molecular formula is C23H29N5OS. The lowest BCUT2D eigenvalue weighted by Gasteiger charge is -2.40. The third-order valence-electron chi connectivity index (χ3n) is 6.61. The van der Waals surface area contributed by atoms with E-state index in [0.29, 0.717) is 11.6 Å². The van der Waals surface area contributed by atoms with Gasteiger partial charge in [-0.05, 0) is 30.4 Å². The number of hydrogen-bond donors (Lipinski definition) is 0. The highest BCUT2D eigenvalue weighted by molar-refractivity contribution is 7.99. The second-order valence-electron chi connectivity index (χ2n) is 8.38.